The van der Waals surface area contributed by atoms with Gasteiger partial charge in [-0.2, -0.15) is 0 Å². The zero-order chi connectivity index (χ0) is 21.4. The lowest BCUT2D eigenvalue weighted by Gasteiger charge is -2.40. The fourth-order valence-corrected chi connectivity index (χ4v) is 4.07. The number of fused-ring (bicyclic) bond motifs is 1. The Morgan fingerprint density at radius 3 is 2.63 bits per heavy atom. The molecule has 0 aliphatic carbocycles. The number of aryl methyl sites for hydroxylation is 1. The SMILES string of the molecule is Cc1ccc([C@@H]2O[C@H](CO)[C@@H](O)[C@H](O)[C@H]2O)c(O)c1Cc1ccc2c(c1)NCCO2. The normalized spacial score (nSPS) is 28.4. The maximum absolute atomic E-state index is 11.0. The van der Waals surface area contributed by atoms with Crippen molar-refractivity contribution in [1.29, 1.82) is 0 Å². The highest BCUT2D eigenvalue weighted by Gasteiger charge is 2.44. The zero-order valence-corrected chi connectivity index (χ0v) is 16.7. The molecular formula is C22H27NO7. The molecule has 1 saturated heterocycles. The molecule has 0 spiro atoms. The molecule has 0 bridgehead atoms. The number of rotatable bonds is 4. The third-order valence-electron chi connectivity index (χ3n) is 5.85. The third-order valence-corrected chi connectivity index (χ3v) is 5.85. The van der Waals surface area contributed by atoms with Crippen molar-refractivity contribution in [3.05, 3.63) is 52.6 Å². The lowest BCUT2D eigenvalue weighted by atomic mass is 9.88. The van der Waals surface area contributed by atoms with Gasteiger partial charge in [-0.25, -0.2) is 0 Å². The summed E-state index contributed by atoms with van der Waals surface area (Å²) in [6.07, 6.45) is -6.08. The molecule has 1 fully saturated rings. The van der Waals surface area contributed by atoms with E-state index in [1.807, 2.05) is 31.2 Å². The minimum absolute atomic E-state index is 0.0405. The van der Waals surface area contributed by atoms with Crippen LogP contribution < -0.4 is 10.1 Å². The molecule has 2 aromatic rings. The number of anilines is 1. The van der Waals surface area contributed by atoms with Crippen molar-refractivity contribution in [2.75, 3.05) is 25.1 Å². The average Bonchev–Trinajstić information content (AvgIpc) is 2.76. The maximum atomic E-state index is 11.0. The maximum Gasteiger partial charge on any atom is 0.142 e. The molecule has 0 aromatic heterocycles. The second kappa shape index (κ2) is 8.41. The first-order valence-electron chi connectivity index (χ1n) is 10.0. The average molecular weight is 417 g/mol. The molecule has 6 N–H and O–H groups in total. The fourth-order valence-electron chi connectivity index (χ4n) is 4.07. The van der Waals surface area contributed by atoms with E-state index in [0.29, 0.717) is 24.2 Å². The van der Waals surface area contributed by atoms with Gasteiger partial charge in [-0.3, -0.25) is 0 Å². The number of ether oxygens (including phenoxy) is 2. The fraction of sp³-hybridized carbons (Fsp3) is 0.455. The lowest BCUT2D eigenvalue weighted by molar-refractivity contribution is -0.232. The molecule has 2 aliphatic heterocycles. The van der Waals surface area contributed by atoms with Gasteiger partial charge in [0.25, 0.3) is 0 Å². The summed E-state index contributed by atoms with van der Waals surface area (Å²) in [5, 5.41) is 54.3. The number of aliphatic hydroxyl groups excluding tert-OH is 4. The summed E-state index contributed by atoms with van der Waals surface area (Å²) in [6.45, 7) is 2.71. The van der Waals surface area contributed by atoms with Crippen LogP contribution in [0.5, 0.6) is 11.5 Å². The predicted molar refractivity (Wildman–Crippen MR) is 109 cm³/mol. The molecule has 5 atom stereocenters. The van der Waals surface area contributed by atoms with E-state index in [1.54, 1.807) is 6.07 Å². The molecule has 2 heterocycles. The number of hydrogen-bond acceptors (Lipinski definition) is 8. The Morgan fingerprint density at radius 1 is 1.07 bits per heavy atom. The van der Waals surface area contributed by atoms with Crippen LogP contribution in [0, 0.1) is 6.92 Å². The summed E-state index contributed by atoms with van der Waals surface area (Å²) in [6, 6.07) is 9.25. The summed E-state index contributed by atoms with van der Waals surface area (Å²) in [5.41, 5.74) is 3.70. The van der Waals surface area contributed by atoms with Crippen LogP contribution in [0.3, 0.4) is 0 Å². The number of hydrogen-bond donors (Lipinski definition) is 6. The molecule has 0 amide bonds. The molecule has 8 heteroatoms. The molecule has 8 nitrogen and oxygen atoms in total. The van der Waals surface area contributed by atoms with Gasteiger partial charge in [0.1, 0.15) is 48.6 Å². The Labute approximate surface area is 174 Å². The van der Waals surface area contributed by atoms with Gasteiger partial charge < -0.3 is 40.3 Å². The van der Waals surface area contributed by atoms with Crippen LogP contribution in [0.4, 0.5) is 5.69 Å². The minimum atomic E-state index is -1.50. The standard InChI is InChI=1S/C22H27NO7/c1-11-2-4-13(22-21(28)20(27)19(26)17(10-24)30-22)18(25)14(11)8-12-3-5-16-15(9-12)23-6-7-29-16/h2-5,9,17,19-28H,6-8,10H2,1H3/t17-,19-,20+,21-,22+/m1/s1. The smallest absolute Gasteiger partial charge is 0.142 e. The van der Waals surface area contributed by atoms with Crippen molar-refractivity contribution in [2.45, 2.75) is 43.9 Å². The zero-order valence-electron chi connectivity index (χ0n) is 16.7. The van der Waals surface area contributed by atoms with Gasteiger partial charge in [0, 0.05) is 24.1 Å². The first kappa shape index (κ1) is 20.9. The first-order chi connectivity index (χ1) is 14.4. The molecule has 0 unspecified atom stereocenters. The molecule has 2 aliphatic rings. The van der Waals surface area contributed by atoms with Gasteiger partial charge in [-0.05, 0) is 30.2 Å². The molecule has 162 valence electrons. The lowest BCUT2D eigenvalue weighted by Crippen LogP contribution is -2.55. The highest BCUT2D eigenvalue weighted by Crippen LogP contribution is 2.40. The van der Waals surface area contributed by atoms with Crippen LogP contribution in [0.15, 0.2) is 30.3 Å². The molecule has 0 saturated carbocycles. The topological polar surface area (TPSA) is 132 Å². The Bertz CT molecular complexity index is 917. The number of nitrogens with one attached hydrogen (secondary N) is 1. The monoisotopic (exact) mass is 417 g/mol. The number of phenols is 1. The Morgan fingerprint density at radius 2 is 1.87 bits per heavy atom. The first-order valence-corrected chi connectivity index (χ1v) is 10.0. The van der Waals surface area contributed by atoms with E-state index in [9.17, 15) is 25.5 Å². The van der Waals surface area contributed by atoms with Crippen molar-refractivity contribution in [3.63, 3.8) is 0 Å². The van der Waals surface area contributed by atoms with Crippen molar-refractivity contribution in [2.24, 2.45) is 0 Å². The van der Waals surface area contributed by atoms with Gasteiger partial charge in [0.05, 0.1) is 12.3 Å². The summed E-state index contributed by atoms with van der Waals surface area (Å²) in [4.78, 5) is 0. The third kappa shape index (κ3) is 3.73. The van der Waals surface area contributed by atoms with Crippen LogP contribution in [0.25, 0.3) is 0 Å². The number of aromatic hydroxyl groups is 1. The van der Waals surface area contributed by atoms with Crippen molar-refractivity contribution in [3.8, 4) is 11.5 Å². The van der Waals surface area contributed by atoms with Crippen LogP contribution in [0.1, 0.15) is 28.4 Å². The van der Waals surface area contributed by atoms with Crippen molar-refractivity contribution < 1.29 is 35.0 Å². The summed E-state index contributed by atoms with van der Waals surface area (Å²) in [7, 11) is 0. The van der Waals surface area contributed by atoms with E-state index in [1.165, 1.54) is 0 Å². The van der Waals surface area contributed by atoms with Crippen LogP contribution in [0.2, 0.25) is 0 Å². The minimum Gasteiger partial charge on any atom is -0.507 e. The number of benzene rings is 2. The molecule has 30 heavy (non-hydrogen) atoms. The quantitative estimate of drug-likeness (QED) is 0.427. The Balaban J connectivity index is 1.65. The van der Waals surface area contributed by atoms with E-state index in [-0.39, 0.29) is 5.75 Å². The van der Waals surface area contributed by atoms with E-state index in [2.05, 4.69) is 5.32 Å². The van der Waals surface area contributed by atoms with Gasteiger partial charge >= 0.3 is 0 Å². The van der Waals surface area contributed by atoms with Crippen LogP contribution >= 0.6 is 0 Å². The highest BCUT2D eigenvalue weighted by atomic mass is 16.5. The van der Waals surface area contributed by atoms with Gasteiger partial charge in [-0.15, -0.1) is 0 Å². The van der Waals surface area contributed by atoms with E-state index in [4.69, 9.17) is 9.47 Å². The highest BCUT2D eigenvalue weighted by molar-refractivity contribution is 5.60. The second-order valence-electron chi connectivity index (χ2n) is 7.83. The second-order valence-corrected chi connectivity index (χ2v) is 7.83. The van der Waals surface area contributed by atoms with Crippen molar-refractivity contribution >= 4 is 5.69 Å². The molecule has 4 rings (SSSR count). The number of aliphatic hydroxyl groups is 4. The van der Waals surface area contributed by atoms with E-state index in [0.717, 1.165) is 29.1 Å². The Hall–Kier alpha value is -2.36. The van der Waals surface area contributed by atoms with E-state index >= 15 is 0 Å². The van der Waals surface area contributed by atoms with Gasteiger partial charge in [0.15, 0.2) is 0 Å². The van der Waals surface area contributed by atoms with Crippen molar-refractivity contribution in [1.82, 2.24) is 0 Å². The van der Waals surface area contributed by atoms with Gasteiger partial charge in [-0.1, -0.05) is 18.2 Å². The predicted octanol–water partition coefficient (Wildman–Crippen LogP) is 0.611. The van der Waals surface area contributed by atoms with E-state index < -0.39 is 37.1 Å². The van der Waals surface area contributed by atoms with Crippen LogP contribution in [-0.4, -0.2) is 69.7 Å². The van der Waals surface area contributed by atoms with Crippen LogP contribution in [-0.2, 0) is 11.2 Å². The summed E-state index contributed by atoms with van der Waals surface area (Å²) in [5.74, 6) is 0.752. The summed E-state index contributed by atoms with van der Waals surface area (Å²) < 4.78 is 11.2. The Kier molecular flexibility index (Phi) is 5.86. The molecular weight excluding hydrogens is 390 g/mol. The van der Waals surface area contributed by atoms with Gasteiger partial charge in [0.2, 0.25) is 0 Å². The number of phenolic OH excluding ortho intramolecular Hbond substituents is 1. The molecule has 2 aromatic carbocycles. The largest absolute Gasteiger partial charge is 0.507 e. The summed E-state index contributed by atoms with van der Waals surface area (Å²) >= 11 is 0. The molecule has 0 radical (unpaired) electrons.